The Hall–Kier alpha value is -2.14. The lowest BCUT2D eigenvalue weighted by Gasteiger charge is -2.20. The molecule has 11 heteroatoms. The molecule has 1 amide bonds. The predicted molar refractivity (Wildman–Crippen MR) is 126 cm³/mol. The minimum atomic E-state index is -3.74. The zero-order valence-corrected chi connectivity index (χ0v) is 20.3. The number of hydrogen-bond acceptors (Lipinski definition) is 5. The zero-order valence-electron chi connectivity index (χ0n) is 17.9. The first kappa shape index (κ1) is 24.5. The smallest absolute Gasteiger partial charge is 0.257 e. The van der Waals surface area contributed by atoms with Gasteiger partial charge >= 0.3 is 0 Å². The van der Waals surface area contributed by atoms with E-state index in [1.54, 1.807) is 18.2 Å². The molecule has 8 nitrogen and oxygen atoms in total. The average Bonchev–Trinajstić information content (AvgIpc) is 3.03. The van der Waals surface area contributed by atoms with Crippen LogP contribution in [0.15, 0.2) is 47.4 Å². The molecular weight excluding hydrogens is 474 g/mol. The Bertz CT molecular complexity index is 1210. The summed E-state index contributed by atoms with van der Waals surface area (Å²) in [6, 6.07) is 10.4. The van der Waals surface area contributed by atoms with Crippen LogP contribution in [0.2, 0.25) is 5.02 Å². The van der Waals surface area contributed by atoms with Gasteiger partial charge in [0.25, 0.3) is 5.91 Å². The van der Waals surface area contributed by atoms with Gasteiger partial charge in [0.2, 0.25) is 20.0 Å². The first-order valence-electron chi connectivity index (χ1n) is 10.1. The van der Waals surface area contributed by atoms with Gasteiger partial charge in [-0.25, -0.2) is 16.8 Å². The number of benzene rings is 2. The van der Waals surface area contributed by atoms with Crippen LogP contribution in [-0.4, -0.2) is 53.4 Å². The maximum absolute atomic E-state index is 13.1. The molecule has 1 N–H and O–H groups in total. The van der Waals surface area contributed by atoms with Gasteiger partial charge in [-0.05, 0) is 49.2 Å². The van der Waals surface area contributed by atoms with Crippen molar-refractivity contribution < 1.29 is 21.6 Å². The van der Waals surface area contributed by atoms with E-state index in [1.807, 2.05) is 0 Å². The lowest BCUT2D eigenvalue weighted by atomic mass is 10.2. The highest BCUT2D eigenvalue weighted by Crippen LogP contribution is 2.26. The number of carbonyl (C=O) groups is 1. The van der Waals surface area contributed by atoms with Gasteiger partial charge in [-0.2, -0.15) is 4.31 Å². The molecule has 1 fully saturated rings. The van der Waals surface area contributed by atoms with Crippen molar-refractivity contribution in [2.75, 3.05) is 36.0 Å². The third-order valence-electron chi connectivity index (χ3n) is 5.35. The summed E-state index contributed by atoms with van der Waals surface area (Å²) >= 11 is 6.20. The Morgan fingerprint density at radius 3 is 2.28 bits per heavy atom. The molecule has 1 saturated heterocycles. The number of sulfonamides is 2. The second kappa shape index (κ2) is 9.78. The summed E-state index contributed by atoms with van der Waals surface area (Å²) in [6.45, 7) is 0.903. The van der Waals surface area contributed by atoms with Crippen LogP contribution in [0.4, 0.5) is 11.4 Å². The summed E-state index contributed by atoms with van der Waals surface area (Å²) in [4.78, 5) is 12.9. The van der Waals surface area contributed by atoms with Crippen LogP contribution in [-0.2, 0) is 20.0 Å². The summed E-state index contributed by atoms with van der Waals surface area (Å²) in [7, 11) is -5.80. The summed E-state index contributed by atoms with van der Waals surface area (Å²) in [5.74, 6) is -0.595. The van der Waals surface area contributed by atoms with Crippen LogP contribution < -0.4 is 9.62 Å². The van der Waals surface area contributed by atoms with E-state index in [2.05, 4.69) is 5.32 Å². The second-order valence-electron chi connectivity index (χ2n) is 7.69. The number of hydrogen-bond donors (Lipinski definition) is 1. The number of nitrogens with one attached hydrogen (secondary N) is 1. The summed E-state index contributed by atoms with van der Waals surface area (Å²) in [5, 5.41) is 2.77. The molecule has 2 aromatic carbocycles. The van der Waals surface area contributed by atoms with Crippen molar-refractivity contribution in [2.45, 2.75) is 30.6 Å². The normalized spacial score (nSPS) is 15.7. The largest absolute Gasteiger partial charge is 0.322 e. The minimum absolute atomic E-state index is 0.0134. The van der Waals surface area contributed by atoms with Crippen LogP contribution in [0.1, 0.15) is 36.0 Å². The average molecular weight is 500 g/mol. The molecule has 1 aliphatic heterocycles. The first-order valence-corrected chi connectivity index (χ1v) is 13.8. The third-order valence-corrected chi connectivity index (χ3v) is 8.78. The van der Waals surface area contributed by atoms with Crippen LogP contribution in [0.5, 0.6) is 0 Å². The van der Waals surface area contributed by atoms with Crippen molar-refractivity contribution in [3.63, 3.8) is 0 Å². The molecule has 0 spiro atoms. The molecule has 0 atom stereocenters. The molecule has 0 aliphatic carbocycles. The van der Waals surface area contributed by atoms with Crippen molar-refractivity contribution in [3.05, 3.63) is 53.1 Å². The van der Waals surface area contributed by atoms with Gasteiger partial charge in [-0.15, -0.1) is 0 Å². The summed E-state index contributed by atoms with van der Waals surface area (Å²) in [5.41, 5.74) is 0.734. The number of nitrogens with zero attached hydrogens (tertiary/aromatic N) is 2. The summed E-state index contributed by atoms with van der Waals surface area (Å²) < 4.78 is 52.3. The van der Waals surface area contributed by atoms with Gasteiger partial charge in [0.15, 0.2) is 0 Å². The van der Waals surface area contributed by atoms with Crippen molar-refractivity contribution in [1.29, 1.82) is 0 Å². The van der Waals surface area contributed by atoms with E-state index in [4.69, 9.17) is 11.6 Å². The van der Waals surface area contributed by atoms with Crippen molar-refractivity contribution >= 4 is 48.9 Å². The first-order chi connectivity index (χ1) is 15.0. The fourth-order valence-electron chi connectivity index (χ4n) is 3.44. The van der Waals surface area contributed by atoms with E-state index in [9.17, 15) is 21.6 Å². The topological polar surface area (TPSA) is 104 Å². The number of anilines is 2. The molecule has 0 aromatic heterocycles. The SMILES string of the molecule is CN(c1cccc(NC(=O)c2cc(S(=O)(=O)N3CCCCCC3)ccc2Cl)c1)S(C)(=O)=O. The van der Waals surface area contributed by atoms with Gasteiger partial charge in [0.1, 0.15) is 0 Å². The van der Waals surface area contributed by atoms with Crippen LogP contribution in [0.3, 0.4) is 0 Å². The Morgan fingerprint density at radius 1 is 1.00 bits per heavy atom. The van der Waals surface area contributed by atoms with Crippen LogP contribution in [0.25, 0.3) is 0 Å². The van der Waals surface area contributed by atoms with Gasteiger partial charge in [0.05, 0.1) is 27.4 Å². The fourth-order valence-corrected chi connectivity index (χ4v) is 5.68. The van der Waals surface area contributed by atoms with Crippen LogP contribution >= 0.6 is 11.6 Å². The van der Waals surface area contributed by atoms with Crippen molar-refractivity contribution in [2.24, 2.45) is 0 Å². The van der Waals surface area contributed by atoms with Gasteiger partial charge in [-0.3, -0.25) is 9.10 Å². The molecule has 1 heterocycles. The number of carbonyl (C=O) groups excluding carboxylic acids is 1. The third kappa shape index (κ3) is 5.61. The highest BCUT2D eigenvalue weighted by Gasteiger charge is 2.26. The van der Waals surface area contributed by atoms with E-state index < -0.39 is 26.0 Å². The molecule has 0 unspecified atom stereocenters. The standard InChI is InChI=1S/C21H26ClN3O5S2/c1-24(31(2,27)28)17-9-7-8-16(14-17)23-21(26)19-15-18(10-11-20(19)22)32(29,30)25-12-5-3-4-6-13-25/h7-11,14-15H,3-6,12-13H2,1-2H3,(H,23,26). The molecule has 0 radical (unpaired) electrons. The van der Waals surface area contributed by atoms with Crippen LogP contribution in [0, 0.1) is 0 Å². The van der Waals surface area contributed by atoms with E-state index in [0.717, 1.165) is 36.2 Å². The fraction of sp³-hybridized carbons (Fsp3) is 0.381. The van der Waals surface area contributed by atoms with E-state index in [-0.39, 0.29) is 15.5 Å². The lowest BCUT2D eigenvalue weighted by Crippen LogP contribution is -2.32. The van der Waals surface area contributed by atoms with Crippen molar-refractivity contribution in [1.82, 2.24) is 4.31 Å². The Kier molecular flexibility index (Phi) is 7.49. The molecular formula is C21H26ClN3O5S2. The molecule has 2 aromatic rings. The summed E-state index contributed by atoms with van der Waals surface area (Å²) in [6.07, 6.45) is 4.67. The highest BCUT2D eigenvalue weighted by molar-refractivity contribution is 7.92. The number of amides is 1. The Morgan fingerprint density at radius 2 is 1.66 bits per heavy atom. The van der Waals surface area contributed by atoms with Crippen molar-refractivity contribution in [3.8, 4) is 0 Å². The zero-order chi connectivity index (χ0) is 23.5. The van der Waals surface area contributed by atoms with Gasteiger partial charge < -0.3 is 5.32 Å². The quantitative estimate of drug-likeness (QED) is 0.654. The molecule has 0 bridgehead atoms. The Balaban J connectivity index is 1.87. The highest BCUT2D eigenvalue weighted by atomic mass is 35.5. The van der Waals surface area contributed by atoms with E-state index in [0.29, 0.717) is 24.5 Å². The monoisotopic (exact) mass is 499 g/mol. The molecule has 1 aliphatic rings. The second-order valence-corrected chi connectivity index (χ2v) is 12.1. The van der Waals surface area contributed by atoms with E-state index in [1.165, 1.54) is 35.6 Å². The lowest BCUT2D eigenvalue weighted by molar-refractivity contribution is 0.102. The molecule has 3 rings (SSSR count). The van der Waals surface area contributed by atoms with Gasteiger partial charge in [-0.1, -0.05) is 30.5 Å². The number of rotatable bonds is 6. The maximum Gasteiger partial charge on any atom is 0.257 e. The van der Waals surface area contributed by atoms with Gasteiger partial charge in [0, 0.05) is 25.8 Å². The molecule has 32 heavy (non-hydrogen) atoms. The minimum Gasteiger partial charge on any atom is -0.322 e. The van der Waals surface area contributed by atoms with E-state index >= 15 is 0 Å². The molecule has 174 valence electrons. The number of halogens is 1. The maximum atomic E-state index is 13.1. The molecule has 0 saturated carbocycles. The predicted octanol–water partition coefficient (Wildman–Crippen LogP) is 3.55. The Labute approximate surface area is 194 Å².